The molecule has 0 aliphatic carbocycles. The average molecular weight is 120 g/mol. The van der Waals surface area contributed by atoms with Crippen molar-refractivity contribution in [3.8, 4) is 0 Å². The second-order valence-corrected chi connectivity index (χ2v) is 1.51. The molecule has 0 rings (SSSR count). The first-order valence-electron chi connectivity index (χ1n) is 1.49. The Kier molecular flexibility index (Phi) is 2.21. The highest BCUT2D eigenvalue weighted by molar-refractivity contribution is 7.62. The van der Waals surface area contributed by atoms with Crippen LogP contribution in [-0.4, -0.2) is 14.3 Å². The van der Waals surface area contributed by atoms with Gasteiger partial charge in [0.2, 0.25) is 0 Å². The van der Waals surface area contributed by atoms with Crippen LogP contribution in [0.25, 0.3) is 0 Å². The number of hydrogen-bond donors (Lipinski definition) is 1. The molecule has 1 N–H and O–H groups in total. The minimum atomic E-state index is -2.45. The molecule has 4 nitrogen and oxygen atoms in total. The minimum absolute atomic E-state index is 0.201. The Morgan fingerprint density at radius 3 is 2.14 bits per heavy atom. The van der Waals surface area contributed by atoms with E-state index in [1.54, 1.807) is 0 Å². The van der Waals surface area contributed by atoms with Crippen LogP contribution in [0.15, 0.2) is 4.36 Å². The number of nitrogens with one attached hydrogen (secondary N) is 1. The lowest BCUT2D eigenvalue weighted by molar-refractivity contribution is 0.623. The zero-order valence-electron chi connectivity index (χ0n) is 3.67. The topological polar surface area (TPSA) is 70.3 Å². The lowest BCUT2D eigenvalue weighted by Gasteiger charge is -1.67. The first kappa shape index (κ1) is 6.29. The highest BCUT2D eigenvalue weighted by Crippen LogP contribution is 1.66. The van der Waals surface area contributed by atoms with Crippen LogP contribution in [0.5, 0.6) is 0 Å². The summed E-state index contributed by atoms with van der Waals surface area (Å²) in [5.41, 5.74) is 0. The summed E-state index contributed by atoms with van der Waals surface area (Å²) in [7, 11) is -2.45. The molecule has 0 aromatic heterocycles. The van der Waals surface area contributed by atoms with E-state index in [-0.39, 0.29) is 5.84 Å². The Hall–Kier alpha value is -0.710. The summed E-state index contributed by atoms with van der Waals surface area (Å²) >= 11 is 0. The van der Waals surface area contributed by atoms with Crippen molar-refractivity contribution in [3.63, 3.8) is 0 Å². The van der Waals surface area contributed by atoms with Gasteiger partial charge in [-0.1, -0.05) is 0 Å². The average Bonchev–Trinajstić information content (AvgIpc) is 1.27. The molecule has 0 radical (unpaired) electrons. The number of rotatable bonds is 0. The summed E-state index contributed by atoms with van der Waals surface area (Å²) in [5, 5.41) is 6.46. The maximum absolute atomic E-state index is 9.50. The SMILES string of the molecule is CC(=N)N=S(=O)=O. The summed E-state index contributed by atoms with van der Waals surface area (Å²) in [6.07, 6.45) is 0. The van der Waals surface area contributed by atoms with Crippen LogP contribution in [0.4, 0.5) is 0 Å². The van der Waals surface area contributed by atoms with E-state index in [1.165, 1.54) is 6.92 Å². The monoisotopic (exact) mass is 120 g/mol. The van der Waals surface area contributed by atoms with Gasteiger partial charge in [0.25, 0.3) is 0 Å². The quantitative estimate of drug-likeness (QED) is 0.362. The third kappa shape index (κ3) is 5.29. The van der Waals surface area contributed by atoms with Crippen LogP contribution in [0, 0.1) is 5.41 Å². The van der Waals surface area contributed by atoms with E-state index >= 15 is 0 Å². The Bertz CT molecular complexity index is 182. The summed E-state index contributed by atoms with van der Waals surface area (Å²) in [5.74, 6) is -0.201. The predicted octanol–water partition coefficient (Wildman–Crippen LogP) is 0.0463. The Morgan fingerprint density at radius 1 is 1.71 bits per heavy atom. The molecule has 5 heteroatoms. The summed E-state index contributed by atoms with van der Waals surface area (Å²) in [6.45, 7) is 1.29. The Labute approximate surface area is 42.4 Å². The van der Waals surface area contributed by atoms with Gasteiger partial charge >= 0.3 is 10.5 Å². The summed E-state index contributed by atoms with van der Waals surface area (Å²) in [6, 6.07) is 0. The zero-order valence-corrected chi connectivity index (χ0v) is 4.49. The van der Waals surface area contributed by atoms with Crippen LogP contribution in [-0.2, 0) is 10.5 Å². The van der Waals surface area contributed by atoms with Crippen molar-refractivity contribution >= 4 is 16.3 Å². The highest BCUT2D eigenvalue weighted by Gasteiger charge is 1.74. The molecule has 0 saturated carbocycles. The zero-order chi connectivity index (χ0) is 5.86. The van der Waals surface area contributed by atoms with E-state index in [1.807, 2.05) is 0 Å². The Balaban J connectivity index is 4.26. The van der Waals surface area contributed by atoms with Gasteiger partial charge < -0.3 is 0 Å². The lowest BCUT2D eigenvalue weighted by atomic mass is 10.8. The van der Waals surface area contributed by atoms with Gasteiger partial charge in [-0.15, -0.1) is 4.36 Å². The lowest BCUT2D eigenvalue weighted by Crippen LogP contribution is -1.76. The van der Waals surface area contributed by atoms with Crippen molar-refractivity contribution in [3.05, 3.63) is 0 Å². The molecule has 0 unspecified atom stereocenters. The number of nitrogens with zero attached hydrogens (tertiary/aromatic N) is 1. The van der Waals surface area contributed by atoms with Gasteiger partial charge in [-0.05, 0) is 6.92 Å². The van der Waals surface area contributed by atoms with Crippen LogP contribution >= 0.6 is 0 Å². The molecule has 0 aromatic carbocycles. The van der Waals surface area contributed by atoms with Crippen molar-refractivity contribution in [1.82, 2.24) is 0 Å². The molecule has 7 heavy (non-hydrogen) atoms. The van der Waals surface area contributed by atoms with Crippen molar-refractivity contribution in [2.24, 2.45) is 4.36 Å². The van der Waals surface area contributed by atoms with Crippen LogP contribution < -0.4 is 0 Å². The van der Waals surface area contributed by atoms with Crippen molar-refractivity contribution in [2.75, 3.05) is 0 Å². The molecule has 0 aliphatic rings. The molecular weight excluding hydrogens is 116 g/mol. The maximum Gasteiger partial charge on any atom is 0.317 e. The fourth-order valence-corrected chi connectivity index (χ4v) is 0.335. The van der Waals surface area contributed by atoms with Crippen LogP contribution in [0.1, 0.15) is 6.92 Å². The molecular formula is C2H4N2O2S. The molecule has 0 fully saturated rings. The van der Waals surface area contributed by atoms with E-state index in [2.05, 4.69) is 4.36 Å². The van der Waals surface area contributed by atoms with Gasteiger partial charge in [0.1, 0.15) is 5.84 Å². The number of amidine groups is 1. The minimum Gasteiger partial charge on any atom is -0.286 e. The van der Waals surface area contributed by atoms with Gasteiger partial charge in [-0.25, -0.2) is 0 Å². The van der Waals surface area contributed by atoms with Gasteiger partial charge in [0.15, 0.2) is 0 Å². The first-order valence-corrected chi connectivity index (χ1v) is 2.52. The van der Waals surface area contributed by atoms with Gasteiger partial charge in [0, 0.05) is 0 Å². The van der Waals surface area contributed by atoms with Gasteiger partial charge in [-0.3, -0.25) is 5.41 Å². The molecule has 0 atom stereocenters. The molecule has 0 spiro atoms. The molecule has 0 aromatic rings. The normalized spacial score (nSPS) is 7.57. The fraction of sp³-hybridized carbons (Fsp3) is 0.500. The second-order valence-electron chi connectivity index (χ2n) is 0.894. The molecule has 0 bridgehead atoms. The van der Waals surface area contributed by atoms with Crippen molar-refractivity contribution < 1.29 is 8.42 Å². The standard InChI is InChI=1S/C2H4N2O2S/c1-2(3)4-7(5)6/h3H,1H3. The van der Waals surface area contributed by atoms with Crippen LogP contribution in [0.2, 0.25) is 0 Å². The second kappa shape index (κ2) is 2.46. The summed E-state index contributed by atoms with van der Waals surface area (Å²) < 4.78 is 21.8. The third-order valence-electron chi connectivity index (χ3n) is 0.211. The van der Waals surface area contributed by atoms with E-state index in [4.69, 9.17) is 5.41 Å². The Morgan fingerprint density at radius 2 is 2.14 bits per heavy atom. The molecule has 0 aliphatic heterocycles. The van der Waals surface area contributed by atoms with Gasteiger partial charge in [-0.2, -0.15) is 8.42 Å². The van der Waals surface area contributed by atoms with Gasteiger partial charge in [0.05, 0.1) is 0 Å². The van der Waals surface area contributed by atoms with E-state index in [0.29, 0.717) is 0 Å². The van der Waals surface area contributed by atoms with E-state index < -0.39 is 10.5 Å². The number of hydrogen-bond acceptors (Lipinski definition) is 3. The van der Waals surface area contributed by atoms with E-state index in [0.717, 1.165) is 0 Å². The first-order chi connectivity index (χ1) is 3.13. The molecule has 0 saturated heterocycles. The molecule has 0 amide bonds. The fourth-order valence-electron chi connectivity index (χ4n) is 0.112. The molecule has 40 valence electrons. The van der Waals surface area contributed by atoms with Crippen molar-refractivity contribution in [2.45, 2.75) is 6.92 Å². The predicted molar refractivity (Wildman–Crippen MR) is 24.7 cm³/mol. The van der Waals surface area contributed by atoms with Crippen molar-refractivity contribution in [1.29, 1.82) is 5.41 Å². The largest absolute Gasteiger partial charge is 0.317 e. The molecule has 0 heterocycles. The smallest absolute Gasteiger partial charge is 0.286 e. The highest BCUT2D eigenvalue weighted by atomic mass is 32.2. The third-order valence-corrected chi connectivity index (χ3v) is 0.634. The van der Waals surface area contributed by atoms with Crippen LogP contribution in [0.3, 0.4) is 0 Å². The summed E-state index contributed by atoms with van der Waals surface area (Å²) in [4.78, 5) is 0. The maximum atomic E-state index is 9.50. The van der Waals surface area contributed by atoms with E-state index in [9.17, 15) is 8.42 Å².